The van der Waals surface area contributed by atoms with E-state index in [9.17, 15) is 28.9 Å². The largest absolute Gasteiger partial charge is 0.292 e. The maximum atomic E-state index is 13.2. The molecule has 0 unspecified atom stereocenters. The molecule has 11 nitrogen and oxygen atoms in total. The van der Waals surface area contributed by atoms with E-state index in [-0.39, 0.29) is 28.6 Å². The highest BCUT2D eigenvalue weighted by molar-refractivity contribution is 7.15. The molecule has 0 atom stereocenters. The van der Waals surface area contributed by atoms with Gasteiger partial charge in [-0.3, -0.25) is 34.7 Å². The van der Waals surface area contributed by atoms with Crippen LogP contribution in [0.25, 0.3) is 16.2 Å². The van der Waals surface area contributed by atoms with Crippen LogP contribution in [0.3, 0.4) is 0 Å². The van der Waals surface area contributed by atoms with Gasteiger partial charge in [0.05, 0.1) is 21.7 Å². The maximum absolute atomic E-state index is 13.2. The molecule has 0 spiro atoms. The molecule has 164 valence electrons. The standard InChI is InChI=1S/C20H11FN6O5S/c21-11-3-1-10(2-4-11)15-9-33-20-23-19(24-26(15)20)22-16(28)8-25-17(29)13-6-5-12(27(31)32)7-14(13)18(25)30/h1-7,9H,8H2,(H,22,24,28). The number of carbonyl (C=O) groups is 3. The van der Waals surface area contributed by atoms with Crippen molar-refractivity contribution in [3.8, 4) is 11.3 Å². The number of aromatic nitrogens is 3. The lowest BCUT2D eigenvalue weighted by Gasteiger charge is -2.12. The first kappa shape index (κ1) is 20.4. The molecule has 5 rings (SSSR count). The Balaban J connectivity index is 1.33. The first-order chi connectivity index (χ1) is 15.8. The smallest absolute Gasteiger partial charge is 0.270 e. The number of non-ortho nitro benzene ring substituents is 1. The third-order valence-electron chi connectivity index (χ3n) is 4.94. The van der Waals surface area contributed by atoms with E-state index in [1.165, 1.54) is 34.1 Å². The average molecular weight is 466 g/mol. The number of nitro benzene ring substituents is 1. The van der Waals surface area contributed by atoms with E-state index in [0.29, 0.717) is 21.1 Å². The number of halogens is 1. The van der Waals surface area contributed by atoms with Gasteiger partial charge in [-0.25, -0.2) is 8.91 Å². The van der Waals surface area contributed by atoms with E-state index in [0.717, 1.165) is 12.1 Å². The lowest BCUT2D eigenvalue weighted by Crippen LogP contribution is -2.37. The molecule has 3 heterocycles. The zero-order valence-electron chi connectivity index (χ0n) is 16.4. The van der Waals surface area contributed by atoms with Crippen LogP contribution in [0.2, 0.25) is 0 Å². The summed E-state index contributed by atoms with van der Waals surface area (Å²) in [5.41, 5.74) is 0.866. The molecule has 0 radical (unpaired) electrons. The van der Waals surface area contributed by atoms with E-state index in [4.69, 9.17) is 0 Å². The number of rotatable bonds is 5. The number of nitrogens with one attached hydrogen (secondary N) is 1. The number of nitro groups is 1. The van der Waals surface area contributed by atoms with Gasteiger partial charge >= 0.3 is 0 Å². The Morgan fingerprint density at radius 2 is 1.85 bits per heavy atom. The fraction of sp³-hybridized carbons (Fsp3) is 0.0500. The van der Waals surface area contributed by atoms with E-state index in [2.05, 4.69) is 15.4 Å². The summed E-state index contributed by atoms with van der Waals surface area (Å²) in [6.07, 6.45) is 0. The predicted octanol–water partition coefficient (Wildman–Crippen LogP) is 2.74. The average Bonchev–Trinajstić information content (AvgIpc) is 3.42. The molecule has 0 fully saturated rings. The SMILES string of the molecule is O=C(CN1C(=O)c2ccc([N+](=O)[O-])cc2C1=O)Nc1nc2scc(-c3ccc(F)cc3)n2n1. The molecular weight excluding hydrogens is 455 g/mol. The highest BCUT2D eigenvalue weighted by atomic mass is 32.1. The van der Waals surface area contributed by atoms with Crippen molar-refractivity contribution >= 4 is 45.7 Å². The Labute approximate surface area is 187 Å². The van der Waals surface area contributed by atoms with Gasteiger partial charge in [-0.05, 0) is 30.3 Å². The second kappa shape index (κ2) is 7.56. The number of thiazole rings is 1. The lowest BCUT2D eigenvalue weighted by molar-refractivity contribution is -0.384. The van der Waals surface area contributed by atoms with Crippen LogP contribution in [0.4, 0.5) is 16.0 Å². The van der Waals surface area contributed by atoms with Crippen LogP contribution in [0.1, 0.15) is 20.7 Å². The van der Waals surface area contributed by atoms with Gasteiger partial charge in [-0.1, -0.05) is 0 Å². The van der Waals surface area contributed by atoms with Crippen LogP contribution in [0, 0.1) is 15.9 Å². The molecule has 3 amide bonds. The van der Waals surface area contributed by atoms with Gasteiger partial charge in [-0.15, -0.1) is 16.4 Å². The Kier molecular flexibility index (Phi) is 4.67. The summed E-state index contributed by atoms with van der Waals surface area (Å²) in [6.45, 7) is -0.613. The summed E-state index contributed by atoms with van der Waals surface area (Å²) < 4.78 is 14.7. The second-order valence-electron chi connectivity index (χ2n) is 6.99. The lowest BCUT2D eigenvalue weighted by atomic mass is 10.1. The molecule has 2 aromatic heterocycles. The van der Waals surface area contributed by atoms with Gasteiger partial charge in [-0.2, -0.15) is 4.98 Å². The minimum atomic E-state index is -0.800. The van der Waals surface area contributed by atoms with Crippen molar-refractivity contribution in [1.29, 1.82) is 0 Å². The first-order valence-corrected chi connectivity index (χ1v) is 10.2. The highest BCUT2D eigenvalue weighted by Crippen LogP contribution is 2.28. The summed E-state index contributed by atoms with van der Waals surface area (Å²) in [5, 5.41) is 19.4. The van der Waals surface area contributed by atoms with Gasteiger partial charge in [0.2, 0.25) is 10.9 Å². The Morgan fingerprint density at radius 1 is 1.12 bits per heavy atom. The first-order valence-electron chi connectivity index (χ1n) is 9.36. The third-order valence-corrected chi connectivity index (χ3v) is 5.76. The van der Waals surface area contributed by atoms with Crippen molar-refractivity contribution in [2.75, 3.05) is 11.9 Å². The van der Waals surface area contributed by atoms with Crippen molar-refractivity contribution in [1.82, 2.24) is 19.5 Å². The molecule has 0 saturated carbocycles. The number of hydrogen-bond donors (Lipinski definition) is 1. The summed E-state index contributed by atoms with van der Waals surface area (Å²) in [6, 6.07) is 9.12. The monoisotopic (exact) mass is 466 g/mol. The number of hydrogen-bond acceptors (Lipinski definition) is 8. The van der Waals surface area contributed by atoms with E-state index in [1.54, 1.807) is 17.5 Å². The van der Waals surface area contributed by atoms with Crippen LogP contribution in [-0.2, 0) is 4.79 Å². The number of imide groups is 1. The van der Waals surface area contributed by atoms with Crippen molar-refractivity contribution in [2.24, 2.45) is 0 Å². The number of nitrogens with zero attached hydrogens (tertiary/aromatic N) is 5. The fourth-order valence-corrected chi connectivity index (χ4v) is 4.23. The van der Waals surface area contributed by atoms with Gasteiger partial charge in [0, 0.05) is 23.1 Å². The minimum Gasteiger partial charge on any atom is -0.292 e. The zero-order chi connectivity index (χ0) is 23.3. The molecule has 0 bridgehead atoms. The quantitative estimate of drug-likeness (QED) is 0.271. The summed E-state index contributed by atoms with van der Waals surface area (Å²) in [4.78, 5) is 53.1. The molecular formula is C20H11FN6O5S. The van der Waals surface area contributed by atoms with E-state index in [1.807, 2.05) is 0 Å². The summed E-state index contributed by atoms with van der Waals surface area (Å²) in [5.74, 6) is -2.66. The van der Waals surface area contributed by atoms with Crippen LogP contribution in [0.15, 0.2) is 47.8 Å². The van der Waals surface area contributed by atoms with Gasteiger partial charge in [0.15, 0.2) is 0 Å². The molecule has 13 heteroatoms. The molecule has 0 saturated heterocycles. The van der Waals surface area contributed by atoms with Crippen molar-refractivity contribution in [3.05, 3.63) is 74.9 Å². The normalized spacial score (nSPS) is 12.9. The van der Waals surface area contributed by atoms with E-state index < -0.39 is 29.2 Å². The fourth-order valence-electron chi connectivity index (χ4n) is 3.40. The van der Waals surface area contributed by atoms with Crippen molar-refractivity contribution in [3.63, 3.8) is 0 Å². The number of carbonyl (C=O) groups excluding carboxylic acids is 3. The molecule has 0 aliphatic carbocycles. The molecule has 33 heavy (non-hydrogen) atoms. The third kappa shape index (κ3) is 3.49. The topological polar surface area (TPSA) is 140 Å². The van der Waals surface area contributed by atoms with Crippen molar-refractivity contribution in [2.45, 2.75) is 0 Å². The predicted molar refractivity (Wildman–Crippen MR) is 113 cm³/mol. The van der Waals surface area contributed by atoms with Gasteiger partial charge in [0.25, 0.3) is 23.5 Å². The Morgan fingerprint density at radius 3 is 2.58 bits per heavy atom. The molecule has 4 aromatic rings. The van der Waals surface area contributed by atoms with Gasteiger partial charge < -0.3 is 0 Å². The zero-order valence-corrected chi connectivity index (χ0v) is 17.2. The Bertz CT molecular complexity index is 1480. The van der Waals surface area contributed by atoms with Crippen LogP contribution < -0.4 is 5.32 Å². The molecule has 1 N–H and O–H groups in total. The minimum absolute atomic E-state index is 0.0111. The maximum Gasteiger partial charge on any atom is 0.270 e. The van der Waals surface area contributed by atoms with Crippen molar-refractivity contribution < 1.29 is 23.7 Å². The number of benzene rings is 2. The Hall–Kier alpha value is -4.52. The van der Waals surface area contributed by atoms with E-state index >= 15 is 0 Å². The van der Waals surface area contributed by atoms with Crippen LogP contribution in [0.5, 0.6) is 0 Å². The van der Waals surface area contributed by atoms with Crippen LogP contribution >= 0.6 is 11.3 Å². The number of anilines is 1. The highest BCUT2D eigenvalue weighted by Gasteiger charge is 2.38. The number of amides is 3. The molecule has 2 aromatic carbocycles. The molecule has 1 aliphatic heterocycles. The summed E-state index contributed by atoms with van der Waals surface area (Å²) >= 11 is 1.26. The summed E-state index contributed by atoms with van der Waals surface area (Å²) in [7, 11) is 0. The van der Waals surface area contributed by atoms with Gasteiger partial charge in [0.1, 0.15) is 12.4 Å². The molecule has 1 aliphatic rings. The van der Waals surface area contributed by atoms with Crippen LogP contribution in [-0.4, -0.2) is 48.7 Å². The second-order valence-corrected chi connectivity index (χ2v) is 7.83. The number of fused-ring (bicyclic) bond motifs is 2.